The number of aromatic nitrogens is 2. The van der Waals surface area contributed by atoms with Crippen molar-refractivity contribution in [3.8, 4) is 0 Å². The number of nitrogens with zero attached hydrogens (tertiary/aromatic N) is 2. The molecule has 0 atom stereocenters. The maximum Gasteiger partial charge on any atom is 0.138 e. The Labute approximate surface area is 118 Å². The number of aryl methyl sites for hydroxylation is 3. The lowest BCUT2D eigenvalue weighted by atomic mass is 10.1. The van der Waals surface area contributed by atoms with Crippen LogP contribution in [0.25, 0.3) is 0 Å². The first-order chi connectivity index (χ1) is 8.91. The SMILES string of the molecule is Cc1cccc(Nc2c(C(N)=S)c(C)nn2C)c1C. The number of thiocarbonyl (C=S) groups is 1. The van der Waals surface area contributed by atoms with Crippen LogP contribution in [0.1, 0.15) is 22.4 Å². The molecule has 5 heteroatoms. The summed E-state index contributed by atoms with van der Waals surface area (Å²) in [6.45, 7) is 6.08. The predicted molar refractivity (Wildman–Crippen MR) is 83.0 cm³/mol. The Kier molecular flexibility index (Phi) is 3.57. The molecule has 0 fully saturated rings. The van der Waals surface area contributed by atoms with E-state index in [0.29, 0.717) is 4.99 Å². The molecule has 0 aliphatic rings. The Bertz CT molecular complexity index is 643. The van der Waals surface area contributed by atoms with Crippen LogP contribution in [0.4, 0.5) is 11.5 Å². The van der Waals surface area contributed by atoms with Crippen LogP contribution in [0.3, 0.4) is 0 Å². The number of nitrogens with two attached hydrogens (primary N) is 1. The van der Waals surface area contributed by atoms with Crippen molar-refractivity contribution in [2.45, 2.75) is 20.8 Å². The summed E-state index contributed by atoms with van der Waals surface area (Å²) < 4.78 is 1.77. The Morgan fingerprint density at radius 3 is 2.63 bits per heavy atom. The van der Waals surface area contributed by atoms with E-state index in [9.17, 15) is 0 Å². The fraction of sp³-hybridized carbons (Fsp3) is 0.286. The third kappa shape index (κ3) is 2.46. The molecule has 0 spiro atoms. The molecule has 0 saturated carbocycles. The third-order valence-corrected chi connectivity index (χ3v) is 3.53. The first-order valence-corrected chi connectivity index (χ1v) is 6.49. The first-order valence-electron chi connectivity index (χ1n) is 6.08. The molecule has 0 aliphatic carbocycles. The quantitative estimate of drug-likeness (QED) is 0.845. The standard InChI is InChI=1S/C14H18N4S/c1-8-6-5-7-11(9(8)2)16-14-12(13(15)19)10(3)17-18(14)4/h5-7,16H,1-4H3,(H2,15,19). The second-order valence-electron chi connectivity index (χ2n) is 4.67. The van der Waals surface area contributed by atoms with Gasteiger partial charge in [0.1, 0.15) is 10.8 Å². The summed E-state index contributed by atoms with van der Waals surface area (Å²) in [4.78, 5) is 0.360. The monoisotopic (exact) mass is 274 g/mol. The second-order valence-corrected chi connectivity index (χ2v) is 5.11. The summed E-state index contributed by atoms with van der Waals surface area (Å²) in [6.07, 6.45) is 0. The molecule has 2 rings (SSSR count). The summed E-state index contributed by atoms with van der Waals surface area (Å²) in [7, 11) is 1.88. The van der Waals surface area contributed by atoms with E-state index in [1.165, 1.54) is 11.1 Å². The highest BCUT2D eigenvalue weighted by atomic mass is 32.1. The average molecular weight is 274 g/mol. The number of hydrogen-bond acceptors (Lipinski definition) is 3. The maximum absolute atomic E-state index is 5.79. The summed E-state index contributed by atoms with van der Waals surface area (Å²) in [5.74, 6) is 0.832. The van der Waals surface area contributed by atoms with Gasteiger partial charge in [0.25, 0.3) is 0 Å². The lowest BCUT2D eigenvalue weighted by Crippen LogP contribution is -2.13. The van der Waals surface area contributed by atoms with Gasteiger partial charge in [-0.05, 0) is 38.0 Å². The van der Waals surface area contributed by atoms with Crippen LogP contribution in [0.15, 0.2) is 18.2 Å². The van der Waals surface area contributed by atoms with Gasteiger partial charge < -0.3 is 11.1 Å². The molecule has 1 heterocycles. The smallest absolute Gasteiger partial charge is 0.138 e. The fourth-order valence-corrected chi connectivity index (χ4v) is 2.36. The van der Waals surface area contributed by atoms with Gasteiger partial charge in [-0.2, -0.15) is 5.10 Å². The fourth-order valence-electron chi connectivity index (χ4n) is 2.11. The molecule has 0 unspecified atom stereocenters. The van der Waals surface area contributed by atoms with Gasteiger partial charge in [-0.15, -0.1) is 0 Å². The highest BCUT2D eigenvalue weighted by molar-refractivity contribution is 7.80. The minimum absolute atomic E-state index is 0.360. The normalized spacial score (nSPS) is 10.5. The highest BCUT2D eigenvalue weighted by Gasteiger charge is 2.16. The zero-order valence-corrected chi connectivity index (χ0v) is 12.4. The minimum Gasteiger partial charge on any atom is -0.389 e. The van der Waals surface area contributed by atoms with Gasteiger partial charge in [0.2, 0.25) is 0 Å². The summed E-state index contributed by atoms with van der Waals surface area (Å²) in [5.41, 5.74) is 10.9. The van der Waals surface area contributed by atoms with Crippen molar-refractivity contribution in [1.82, 2.24) is 9.78 Å². The van der Waals surface area contributed by atoms with Gasteiger partial charge in [0.05, 0.1) is 11.3 Å². The first kappa shape index (κ1) is 13.5. The average Bonchev–Trinajstić information content (AvgIpc) is 2.60. The van der Waals surface area contributed by atoms with E-state index < -0.39 is 0 Å². The highest BCUT2D eigenvalue weighted by Crippen LogP contribution is 2.26. The Morgan fingerprint density at radius 2 is 2.00 bits per heavy atom. The molecular weight excluding hydrogens is 256 g/mol. The van der Waals surface area contributed by atoms with Crippen LogP contribution >= 0.6 is 12.2 Å². The van der Waals surface area contributed by atoms with Crippen molar-refractivity contribution < 1.29 is 0 Å². The van der Waals surface area contributed by atoms with Crippen LogP contribution in [0, 0.1) is 20.8 Å². The van der Waals surface area contributed by atoms with Gasteiger partial charge in [-0.1, -0.05) is 24.4 Å². The Morgan fingerprint density at radius 1 is 1.32 bits per heavy atom. The molecule has 2 aromatic rings. The molecule has 4 nitrogen and oxygen atoms in total. The van der Waals surface area contributed by atoms with E-state index in [0.717, 1.165) is 22.8 Å². The summed E-state index contributed by atoms with van der Waals surface area (Å²) >= 11 is 5.11. The van der Waals surface area contributed by atoms with Crippen LogP contribution in [0.5, 0.6) is 0 Å². The van der Waals surface area contributed by atoms with E-state index in [4.69, 9.17) is 18.0 Å². The maximum atomic E-state index is 5.79. The topological polar surface area (TPSA) is 55.9 Å². The van der Waals surface area contributed by atoms with Gasteiger partial charge in [-0.25, -0.2) is 0 Å². The lowest BCUT2D eigenvalue weighted by Gasteiger charge is -2.13. The van der Waals surface area contributed by atoms with Gasteiger partial charge in [0.15, 0.2) is 0 Å². The molecule has 3 N–H and O–H groups in total. The van der Waals surface area contributed by atoms with Gasteiger partial charge in [0, 0.05) is 12.7 Å². The zero-order valence-electron chi connectivity index (χ0n) is 11.6. The van der Waals surface area contributed by atoms with Crippen molar-refractivity contribution in [2.24, 2.45) is 12.8 Å². The molecule has 0 saturated heterocycles. The molecule has 1 aromatic heterocycles. The third-order valence-electron chi connectivity index (χ3n) is 3.33. The molecule has 0 bridgehead atoms. The van der Waals surface area contributed by atoms with E-state index in [1.807, 2.05) is 26.1 Å². The second kappa shape index (κ2) is 5.01. The van der Waals surface area contributed by atoms with Crippen molar-refractivity contribution in [3.05, 3.63) is 40.6 Å². The molecule has 0 aliphatic heterocycles. The van der Waals surface area contributed by atoms with Crippen molar-refractivity contribution in [1.29, 1.82) is 0 Å². The number of rotatable bonds is 3. The summed E-state index contributed by atoms with van der Waals surface area (Å²) in [6, 6.07) is 6.14. The predicted octanol–water partition coefficient (Wildman–Crippen LogP) is 2.72. The molecular formula is C14H18N4S. The lowest BCUT2D eigenvalue weighted by molar-refractivity contribution is 0.765. The summed E-state index contributed by atoms with van der Waals surface area (Å²) in [5, 5.41) is 7.75. The Hall–Kier alpha value is -1.88. The molecule has 19 heavy (non-hydrogen) atoms. The van der Waals surface area contributed by atoms with E-state index in [-0.39, 0.29) is 0 Å². The van der Waals surface area contributed by atoms with Crippen LogP contribution < -0.4 is 11.1 Å². The van der Waals surface area contributed by atoms with E-state index in [1.54, 1.807) is 4.68 Å². The van der Waals surface area contributed by atoms with Crippen LogP contribution in [-0.4, -0.2) is 14.8 Å². The molecule has 100 valence electrons. The Balaban J connectivity index is 2.49. The van der Waals surface area contributed by atoms with Crippen molar-refractivity contribution in [3.63, 3.8) is 0 Å². The number of hydrogen-bond donors (Lipinski definition) is 2. The number of anilines is 2. The number of nitrogens with one attached hydrogen (secondary N) is 1. The van der Waals surface area contributed by atoms with Crippen LogP contribution in [0.2, 0.25) is 0 Å². The van der Waals surface area contributed by atoms with Crippen LogP contribution in [-0.2, 0) is 7.05 Å². The molecule has 0 amide bonds. The van der Waals surface area contributed by atoms with E-state index in [2.05, 4.69) is 30.3 Å². The van der Waals surface area contributed by atoms with Crippen molar-refractivity contribution in [2.75, 3.05) is 5.32 Å². The van der Waals surface area contributed by atoms with Crippen molar-refractivity contribution >= 4 is 28.7 Å². The largest absolute Gasteiger partial charge is 0.389 e. The molecule has 1 aromatic carbocycles. The van der Waals surface area contributed by atoms with Gasteiger partial charge >= 0.3 is 0 Å². The number of benzene rings is 1. The van der Waals surface area contributed by atoms with E-state index >= 15 is 0 Å². The zero-order chi connectivity index (χ0) is 14.2. The minimum atomic E-state index is 0.360. The van der Waals surface area contributed by atoms with Gasteiger partial charge in [-0.3, -0.25) is 4.68 Å². The molecule has 0 radical (unpaired) electrons.